The van der Waals surface area contributed by atoms with Crippen LogP contribution in [0.3, 0.4) is 0 Å². The first-order valence-electron chi connectivity index (χ1n) is 6.65. The molecule has 2 aliphatic rings. The number of amides is 1. The van der Waals surface area contributed by atoms with Gasteiger partial charge in [-0.2, -0.15) is 0 Å². The number of rotatable bonds is 5. The molecule has 2 heterocycles. The lowest BCUT2D eigenvalue weighted by atomic mass is 9.80. The number of nitrogens with one attached hydrogen (secondary N) is 1. The van der Waals surface area contributed by atoms with Crippen molar-refractivity contribution in [3.8, 4) is 0 Å². The molecular formula is C13H21NO6. The quantitative estimate of drug-likeness (QED) is 0.719. The lowest BCUT2D eigenvalue weighted by Crippen LogP contribution is -2.55. The highest BCUT2D eigenvalue weighted by molar-refractivity contribution is 5.77. The molecule has 0 aliphatic carbocycles. The minimum atomic E-state index is -0.866. The van der Waals surface area contributed by atoms with Gasteiger partial charge in [0.05, 0.1) is 13.7 Å². The number of methoxy groups -OCH3 is 3. The van der Waals surface area contributed by atoms with Crippen LogP contribution in [0.25, 0.3) is 0 Å². The summed E-state index contributed by atoms with van der Waals surface area (Å²) < 4.78 is 21.4. The van der Waals surface area contributed by atoms with E-state index in [2.05, 4.69) is 10.1 Å². The Bertz CT molecular complexity index is 387. The second-order valence-electron chi connectivity index (χ2n) is 5.10. The Kier molecular flexibility index (Phi) is 4.62. The normalized spacial score (nSPS) is 36.4. The third-order valence-electron chi connectivity index (χ3n) is 4.17. The lowest BCUT2D eigenvalue weighted by Gasteiger charge is -2.37. The van der Waals surface area contributed by atoms with Gasteiger partial charge in [-0.3, -0.25) is 9.59 Å². The predicted octanol–water partition coefficient (Wildman–Crippen LogP) is 0.0373. The molecule has 4 atom stereocenters. The van der Waals surface area contributed by atoms with Crippen molar-refractivity contribution in [1.82, 2.24) is 5.32 Å². The fourth-order valence-corrected chi connectivity index (χ4v) is 3.08. The van der Waals surface area contributed by atoms with E-state index in [4.69, 9.17) is 14.2 Å². The van der Waals surface area contributed by atoms with Crippen LogP contribution in [0, 0.1) is 11.8 Å². The van der Waals surface area contributed by atoms with E-state index in [1.165, 1.54) is 7.11 Å². The van der Waals surface area contributed by atoms with E-state index in [-0.39, 0.29) is 30.1 Å². The Morgan fingerprint density at radius 1 is 1.45 bits per heavy atom. The zero-order chi connectivity index (χ0) is 14.8. The molecule has 0 bridgehead atoms. The summed E-state index contributed by atoms with van der Waals surface area (Å²) in [6.45, 7) is 0.293. The summed E-state index contributed by atoms with van der Waals surface area (Å²) in [4.78, 5) is 23.0. The first-order valence-corrected chi connectivity index (χ1v) is 6.65. The lowest BCUT2D eigenvalue weighted by molar-refractivity contribution is -0.269. The monoisotopic (exact) mass is 287 g/mol. The van der Waals surface area contributed by atoms with Crippen molar-refractivity contribution in [3.05, 3.63) is 0 Å². The second-order valence-corrected chi connectivity index (χ2v) is 5.10. The van der Waals surface area contributed by atoms with Crippen LogP contribution in [0.4, 0.5) is 0 Å². The molecular weight excluding hydrogens is 266 g/mol. The van der Waals surface area contributed by atoms with E-state index in [0.29, 0.717) is 19.4 Å². The molecule has 2 rings (SSSR count). The van der Waals surface area contributed by atoms with Gasteiger partial charge in [0, 0.05) is 38.9 Å². The first kappa shape index (κ1) is 15.2. The highest BCUT2D eigenvalue weighted by Gasteiger charge is 2.58. The molecule has 2 unspecified atom stereocenters. The highest BCUT2D eigenvalue weighted by Crippen LogP contribution is 2.46. The van der Waals surface area contributed by atoms with Crippen LogP contribution in [0.15, 0.2) is 0 Å². The molecule has 0 aromatic rings. The van der Waals surface area contributed by atoms with Crippen LogP contribution in [0.1, 0.15) is 19.3 Å². The number of carbonyl (C=O) groups excluding carboxylic acids is 2. The van der Waals surface area contributed by atoms with Crippen molar-refractivity contribution in [2.75, 3.05) is 27.9 Å². The second kappa shape index (κ2) is 6.07. The number of piperidine rings is 1. The fourth-order valence-electron chi connectivity index (χ4n) is 3.08. The number of carbonyl (C=O) groups is 2. The Labute approximate surface area is 117 Å². The zero-order valence-electron chi connectivity index (χ0n) is 12.0. The van der Waals surface area contributed by atoms with Gasteiger partial charge in [-0.05, 0) is 6.42 Å². The number of esters is 1. The van der Waals surface area contributed by atoms with E-state index >= 15 is 0 Å². The summed E-state index contributed by atoms with van der Waals surface area (Å²) in [6, 6.07) is 0. The van der Waals surface area contributed by atoms with E-state index in [0.717, 1.165) is 0 Å². The Hall–Kier alpha value is -1.18. The van der Waals surface area contributed by atoms with E-state index < -0.39 is 12.1 Å². The summed E-state index contributed by atoms with van der Waals surface area (Å²) in [7, 11) is 4.46. The van der Waals surface area contributed by atoms with E-state index in [1.807, 2.05) is 0 Å². The standard InChI is InChI=1S/C13H21NO6/c1-17-11(16)5-4-8-9-6-10(15)14-7-13(9,19-3)20-12(8)18-2/h8-9,12H,4-7H2,1-3H3,(H,14,15)/t8-,9-,12?,13?/m1/s1. The summed E-state index contributed by atoms with van der Waals surface area (Å²) >= 11 is 0. The van der Waals surface area contributed by atoms with Crippen molar-refractivity contribution in [1.29, 1.82) is 0 Å². The summed E-state index contributed by atoms with van der Waals surface area (Å²) in [5.74, 6) is -1.39. The molecule has 1 N–H and O–H groups in total. The molecule has 1 amide bonds. The number of hydrogen-bond donors (Lipinski definition) is 1. The Balaban J connectivity index is 2.14. The van der Waals surface area contributed by atoms with E-state index in [9.17, 15) is 9.59 Å². The fraction of sp³-hybridized carbons (Fsp3) is 0.846. The zero-order valence-corrected chi connectivity index (χ0v) is 12.0. The minimum absolute atomic E-state index is 0.0360. The van der Waals surface area contributed by atoms with Gasteiger partial charge in [-0.15, -0.1) is 0 Å². The molecule has 0 saturated carbocycles. The summed E-state index contributed by atoms with van der Waals surface area (Å²) in [5.41, 5.74) is 0. The van der Waals surface area contributed by atoms with Gasteiger partial charge < -0.3 is 24.3 Å². The summed E-state index contributed by atoms with van der Waals surface area (Å²) in [5, 5.41) is 2.75. The van der Waals surface area contributed by atoms with Gasteiger partial charge in [0.2, 0.25) is 5.91 Å². The van der Waals surface area contributed by atoms with Gasteiger partial charge in [0.1, 0.15) is 0 Å². The molecule has 114 valence electrons. The molecule has 20 heavy (non-hydrogen) atoms. The summed E-state index contributed by atoms with van der Waals surface area (Å²) in [6.07, 6.45) is 0.619. The van der Waals surface area contributed by atoms with E-state index in [1.54, 1.807) is 14.2 Å². The largest absolute Gasteiger partial charge is 0.469 e. The first-order chi connectivity index (χ1) is 9.56. The van der Waals surface area contributed by atoms with Crippen molar-refractivity contribution < 1.29 is 28.5 Å². The van der Waals surface area contributed by atoms with Gasteiger partial charge in [0.25, 0.3) is 0 Å². The topological polar surface area (TPSA) is 83.1 Å². The molecule has 0 radical (unpaired) electrons. The van der Waals surface area contributed by atoms with Crippen LogP contribution >= 0.6 is 0 Å². The molecule has 2 saturated heterocycles. The van der Waals surface area contributed by atoms with Gasteiger partial charge in [-0.1, -0.05) is 0 Å². The average Bonchev–Trinajstić information content (AvgIpc) is 2.78. The van der Waals surface area contributed by atoms with Crippen molar-refractivity contribution in [2.45, 2.75) is 31.3 Å². The van der Waals surface area contributed by atoms with Gasteiger partial charge in [0.15, 0.2) is 12.1 Å². The SMILES string of the molecule is COC(=O)CC[C@H]1C(OC)OC2(OC)CNC(=O)C[C@H]12. The predicted molar refractivity (Wildman–Crippen MR) is 67.5 cm³/mol. The minimum Gasteiger partial charge on any atom is -0.469 e. The van der Waals surface area contributed by atoms with Crippen LogP contribution in [-0.2, 0) is 28.5 Å². The maximum Gasteiger partial charge on any atom is 0.305 e. The number of ether oxygens (including phenoxy) is 4. The molecule has 0 aromatic carbocycles. The maximum atomic E-state index is 11.6. The number of hydrogen-bond acceptors (Lipinski definition) is 6. The van der Waals surface area contributed by atoms with Crippen LogP contribution in [0.2, 0.25) is 0 Å². The third kappa shape index (κ3) is 2.65. The van der Waals surface area contributed by atoms with Crippen molar-refractivity contribution in [3.63, 3.8) is 0 Å². The van der Waals surface area contributed by atoms with Crippen LogP contribution < -0.4 is 5.32 Å². The molecule has 7 heteroatoms. The van der Waals surface area contributed by atoms with Crippen molar-refractivity contribution >= 4 is 11.9 Å². The number of fused-ring (bicyclic) bond motifs is 1. The molecule has 7 nitrogen and oxygen atoms in total. The highest BCUT2D eigenvalue weighted by atomic mass is 16.8. The molecule has 0 aromatic heterocycles. The smallest absolute Gasteiger partial charge is 0.305 e. The maximum absolute atomic E-state index is 11.6. The van der Waals surface area contributed by atoms with Gasteiger partial charge >= 0.3 is 5.97 Å². The van der Waals surface area contributed by atoms with Crippen LogP contribution in [0.5, 0.6) is 0 Å². The van der Waals surface area contributed by atoms with Gasteiger partial charge in [-0.25, -0.2) is 0 Å². The van der Waals surface area contributed by atoms with Crippen LogP contribution in [-0.4, -0.2) is 51.8 Å². The molecule has 2 fully saturated rings. The van der Waals surface area contributed by atoms with Crippen molar-refractivity contribution in [2.24, 2.45) is 11.8 Å². The molecule has 0 spiro atoms. The Morgan fingerprint density at radius 2 is 2.20 bits per heavy atom. The average molecular weight is 287 g/mol. The Morgan fingerprint density at radius 3 is 2.80 bits per heavy atom. The third-order valence-corrected chi connectivity index (χ3v) is 4.17. The molecule has 2 aliphatic heterocycles.